The number of carbonyl (C=O) groups excluding carboxylic acids is 2. The predicted octanol–water partition coefficient (Wildman–Crippen LogP) is 1.63. The Morgan fingerprint density at radius 2 is 2.33 bits per heavy atom. The molecule has 0 bridgehead atoms. The van der Waals surface area contributed by atoms with Crippen molar-refractivity contribution in [1.29, 1.82) is 0 Å². The fraction of sp³-hybridized carbons (Fsp3) is 0.643. The molecule has 21 heavy (non-hydrogen) atoms. The molecule has 1 aromatic rings. The summed E-state index contributed by atoms with van der Waals surface area (Å²) < 4.78 is 5.08. The van der Waals surface area contributed by atoms with Gasteiger partial charge in [-0.25, -0.2) is 4.98 Å². The van der Waals surface area contributed by atoms with E-state index in [1.807, 2.05) is 5.38 Å². The summed E-state index contributed by atoms with van der Waals surface area (Å²) in [5.41, 5.74) is -0.129. The topological polar surface area (TPSA) is 71.5 Å². The van der Waals surface area contributed by atoms with Crippen LogP contribution < -0.4 is 5.32 Å². The third-order valence-corrected chi connectivity index (χ3v) is 4.43. The van der Waals surface area contributed by atoms with Crippen LogP contribution in [0.15, 0.2) is 5.38 Å². The highest BCUT2D eigenvalue weighted by molar-refractivity contribution is 7.13. The molecule has 116 valence electrons. The van der Waals surface area contributed by atoms with E-state index < -0.39 is 5.41 Å². The SMILES string of the molecule is CCOC(=O)C(C)(C)c1csc(NC2CCN(C)C2=O)n1. The fourth-order valence-electron chi connectivity index (χ4n) is 2.15. The van der Waals surface area contributed by atoms with E-state index in [0.29, 0.717) is 17.4 Å². The number of ether oxygens (including phenoxy) is 1. The Morgan fingerprint density at radius 1 is 1.62 bits per heavy atom. The minimum absolute atomic E-state index is 0.0800. The summed E-state index contributed by atoms with van der Waals surface area (Å²) >= 11 is 1.40. The molecule has 1 aromatic heterocycles. The van der Waals surface area contributed by atoms with Gasteiger partial charge in [0.25, 0.3) is 0 Å². The van der Waals surface area contributed by atoms with Crippen molar-refractivity contribution in [2.24, 2.45) is 0 Å². The molecule has 0 radical (unpaired) electrons. The summed E-state index contributed by atoms with van der Waals surface area (Å²) in [6.45, 7) is 6.46. The minimum Gasteiger partial charge on any atom is -0.465 e. The van der Waals surface area contributed by atoms with Gasteiger partial charge in [0, 0.05) is 19.0 Å². The summed E-state index contributed by atoms with van der Waals surface area (Å²) in [6.07, 6.45) is 0.769. The van der Waals surface area contributed by atoms with E-state index in [-0.39, 0.29) is 17.9 Å². The molecule has 2 heterocycles. The number of nitrogens with zero attached hydrogens (tertiary/aromatic N) is 2. The molecule has 2 rings (SSSR count). The maximum absolute atomic E-state index is 12.0. The highest BCUT2D eigenvalue weighted by Crippen LogP contribution is 2.29. The second-order valence-corrected chi connectivity index (χ2v) is 6.49. The molecule has 1 saturated heterocycles. The lowest BCUT2D eigenvalue weighted by Crippen LogP contribution is -2.32. The number of rotatable bonds is 5. The summed E-state index contributed by atoms with van der Waals surface area (Å²) in [5, 5.41) is 5.65. The second-order valence-electron chi connectivity index (χ2n) is 5.63. The number of amides is 1. The minimum atomic E-state index is -0.789. The Kier molecular flexibility index (Phi) is 4.51. The number of thiazole rings is 1. The third kappa shape index (κ3) is 3.18. The Hall–Kier alpha value is -1.63. The highest BCUT2D eigenvalue weighted by atomic mass is 32.1. The average molecular weight is 311 g/mol. The van der Waals surface area contributed by atoms with Gasteiger partial charge in [-0.2, -0.15) is 0 Å². The quantitative estimate of drug-likeness (QED) is 0.837. The number of likely N-dealkylation sites (tertiary alicyclic amines) is 1. The van der Waals surface area contributed by atoms with Crippen molar-refractivity contribution >= 4 is 28.3 Å². The van der Waals surface area contributed by atoms with Gasteiger partial charge in [0.05, 0.1) is 12.3 Å². The van der Waals surface area contributed by atoms with Crippen LogP contribution in [-0.4, -0.2) is 48.0 Å². The van der Waals surface area contributed by atoms with Crippen LogP contribution in [0.4, 0.5) is 5.13 Å². The lowest BCUT2D eigenvalue weighted by molar-refractivity contribution is -0.148. The molecule has 1 unspecified atom stereocenters. The fourth-order valence-corrected chi connectivity index (χ4v) is 3.08. The van der Waals surface area contributed by atoms with Crippen molar-refractivity contribution in [2.75, 3.05) is 25.5 Å². The highest BCUT2D eigenvalue weighted by Gasteiger charge is 2.35. The van der Waals surface area contributed by atoms with Crippen LogP contribution in [0, 0.1) is 0 Å². The van der Waals surface area contributed by atoms with Gasteiger partial charge < -0.3 is 15.0 Å². The van der Waals surface area contributed by atoms with Gasteiger partial charge in [-0.15, -0.1) is 11.3 Å². The van der Waals surface area contributed by atoms with Gasteiger partial charge in [-0.3, -0.25) is 9.59 Å². The zero-order chi connectivity index (χ0) is 15.6. The van der Waals surface area contributed by atoms with E-state index in [0.717, 1.165) is 13.0 Å². The number of anilines is 1. The number of hydrogen-bond donors (Lipinski definition) is 1. The number of carbonyl (C=O) groups is 2. The van der Waals surface area contributed by atoms with Crippen LogP contribution in [0.1, 0.15) is 32.9 Å². The number of aromatic nitrogens is 1. The van der Waals surface area contributed by atoms with Crippen LogP contribution in [0.2, 0.25) is 0 Å². The van der Waals surface area contributed by atoms with E-state index in [9.17, 15) is 9.59 Å². The molecule has 1 fully saturated rings. The first kappa shape index (κ1) is 15.8. The Bertz CT molecular complexity index is 541. The van der Waals surface area contributed by atoms with Crippen molar-refractivity contribution in [3.8, 4) is 0 Å². The van der Waals surface area contributed by atoms with Crippen molar-refractivity contribution in [3.63, 3.8) is 0 Å². The number of hydrogen-bond acceptors (Lipinski definition) is 6. The van der Waals surface area contributed by atoms with Crippen molar-refractivity contribution in [1.82, 2.24) is 9.88 Å². The summed E-state index contributed by atoms with van der Waals surface area (Å²) in [7, 11) is 1.79. The first-order valence-electron chi connectivity index (χ1n) is 7.01. The molecule has 0 aromatic carbocycles. The summed E-state index contributed by atoms with van der Waals surface area (Å²) in [5.74, 6) is -0.213. The predicted molar refractivity (Wildman–Crippen MR) is 81.4 cm³/mol. The van der Waals surface area contributed by atoms with Crippen LogP contribution in [-0.2, 0) is 19.7 Å². The zero-order valence-electron chi connectivity index (χ0n) is 12.8. The Balaban J connectivity index is 2.08. The summed E-state index contributed by atoms with van der Waals surface area (Å²) in [4.78, 5) is 30.0. The summed E-state index contributed by atoms with van der Waals surface area (Å²) in [6, 6.07) is -0.222. The van der Waals surface area contributed by atoms with Gasteiger partial charge in [-0.05, 0) is 27.2 Å². The van der Waals surface area contributed by atoms with Crippen molar-refractivity contribution in [2.45, 2.75) is 38.6 Å². The standard InChI is InChI=1S/C14H21N3O3S/c1-5-20-12(19)14(2,3)10-8-21-13(16-10)15-9-6-7-17(4)11(9)18/h8-9H,5-7H2,1-4H3,(H,15,16). The van der Waals surface area contributed by atoms with Gasteiger partial charge in [0.2, 0.25) is 5.91 Å². The van der Waals surface area contributed by atoms with Crippen LogP contribution >= 0.6 is 11.3 Å². The average Bonchev–Trinajstić information content (AvgIpc) is 3.02. The molecule has 7 heteroatoms. The van der Waals surface area contributed by atoms with Gasteiger partial charge in [0.15, 0.2) is 5.13 Å². The molecular formula is C14H21N3O3S. The third-order valence-electron chi connectivity index (χ3n) is 3.66. The van der Waals surface area contributed by atoms with Gasteiger partial charge >= 0.3 is 5.97 Å². The number of esters is 1. The van der Waals surface area contributed by atoms with Gasteiger partial charge in [-0.1, -0.05) is 0 Å². The lowest BCUT2D eigenvalue weighted by Gasteiger charge is -2.19. The van der Waals surface area contributed by atoms with E-state index in [1.165, 1.54) is 11.3 Å². The van der Waals surface area contributed by atoms with E-state index >= 15 is 0 Å². The molecule has 1 atom stereocenters. The van der Waals surface area contributed by atoms with E-state index in [1.54, 1.807) is 32.7 Å². The first-order chi connectivity index (χ1) is 9.86. The molecule has 1 amide bonds. The van der Waals surface area contributed by atoms with Crippen molar-refractivity contribution < 1.29 is 14.3 Å². The zero-order valence-corrected chi connectivity index (χ0v) is 13.6. The molecule has 1 aliphatic rings. The smallest absolute Gasteiger partial charge is 0.317 e. The molecule has 1 aliphatic heterocycles. The van der Waals surface area contributed by atoms with Crippen LogP contribution in [0.5, 0.6) is 0 Å². The maximum Gasteiger partial charge on any atom is 0.317 e. The van der Waals surface area contributed by atoms with E-state index in [4.69, 9.17) is 4.74 Å². The largest absolute Gasteiger partial charge is 0.465 e. The maximum atomic E-state index is 12.0. The van der Waals surface area contributed by atoms with E-state index in [2.05, 4.69) is 10.3 Å². The van der Waals surface area contributed by atoms with Gasteiger partial charge in [0.1, 0.15) is 11.5 Å². The number of likely N-dealkylation sites (N-methyl/N-ethyl adjacent to an activating group) is 1. The normalized spacial score (nSPS) is 19.0. The van der Waals surface area contributed by atoms with Crippen LogP contribution in [0.25, 0.3) is 0 Å². The molecule has 6 nitrogen and oxygen atoms in total. The van der Waals surface area contributed by atoms with Crippen molar-refractivity contribution in [3.05, 3.63) is 11.1 Å². The first-order valence-corrected chi connectivity index (χ1v) is 7.89. The Labute approximate surface area is 128 Å². The second kappa shape index (κ2) is 6.01. The van der Waals surface area contributed by atoms with Crippen LogP contribution in [0.3, 0.4) is 0 Å². The number of nitrogens with one attached hydrogen (secondary N) is 1. The molecule has 1 N–H and O–H groups in total. The molecule has 0 saturated carbocycles. The Morgan fingerprint density at radius 3 is 2.90 bits per heavy atom. The monoisotopic (exact) mass is 311 g/mol. The lowest BCUT2D eigenvalue weighted by atomic mass is 9.90. The molecule has 0 spiro atoms. The molecular weight excluding hydrogens is 290 g/mol. The molecule has 0 aliphatic carbocycles.